The summed E-state index contributed by atoms with van der Waals surface area (Å²) in [6.45, 7) is 5.99. The van der Waals surface area contributed by atoms with E-state index >= 15 is 0 Å². The van der Waals surface area contributed by atoms with Crippen LogP contribution in [0.5, 0.6) is 5.75 Å². The van der Waals surface area contributed by atoms with Crippen molar-refractivity contribution >= 4 is 34.9 Å². The van der Waals surface area contributed by atoms with E-state index in [1.54, 1.807) is 6.07 Å². The summed E-state index contributed by atoms with van der Waals surface area (Å²) in [5.74, 6) is -0.491. The number of carboxylic acid groups (broad SMARTS) is 1. The first-order valence-corrected chi connectivity index (χ1v) is 11.4. The van der Waals surface area contributed by atoms with Gasteiger partial charge in [-0.2, -0.15) is 0 Å². The lowest BCUT2D eigenvalue weighted by atomic mass is 9.96. The van der Waals surface area contributed by atoms with E-state index in [1.807, 2.05) is 37.1 Å². The first kappa shape index (κ1) is 24.2. The molecule has 0 atom stereocenters. The fourth-order valence-electron chi connectivity index (χ4n) is 4.08. The number of anilines is 1. The fraction of sp³-hybridized carbons (Fsp3) is 0.269. The molecule has 172 valence electrons. The van der Waals surface area contributed by atoms with Gasteiger partial charge in [-0.25, -0.2) is 4.79 Å². The van der Waals surface area contributed by atoms with Gasteiger partial charge >= 0.3 is 5.97 Å². The molecular formula is C26H27NO5S. The third-order valence-corrected chi connectivity index (χ3v) is 6.76. The van der Waals surface area contributed by atoms with Crippen LogP contribution in [0.4, 0.5) is 5.00 Å². The first-order valence-electron chi connectivity index (χ1n) is 10.6. The number of ether oxygens (including phenoxy) is 1. The van der Waals surface area contributed by atoms with E-state index in [1.165, 1.54) is 29.4 Å². The topological polar surface area (TPSA) is 92.7 Å². The minimum Gasteiger partial charge on any atom is -0.492 e. The predicted octanol–water partition coefficient (Wildman–Crippen LogP) is 4.73. The van der Waals surface area contributed by atoms with Gasteiger partial charge in [0.2, 0.25) is 0 Å². The van der Waals surface area contributed by atoms with Crippen LogP contribution in [0.15, 0.2) is 54.6 Å². The maximum atomic E-state index is 12.2. The highest BCUT2D eigenvalue weighted by Gasteiger charge is 2.44. The van der Waals surface area contributed by atoms with Crippen LogP contribution in [0.2, 0.25) is 0 Å². The number of thiophene rings is 1. The van der Waals surface area contributed by atoms with Crippen molar-refractivity contribution in [1.29, 1.82) is 0 Å². The monoisotopic (exact) mass is 465 g/mol. The highest BCUT2D eigenvalue weighted by atomic mass is 32.1. The second kappa shape index (κ2) is 10.4. The van der Waals surface area contributed by atoms with E-state index in [0.29, 0.717) is 35.1 Å². The van der Waals surface area contributed by atoms with Crippen LogP contribution in [0.3, 0.4) is 0 Å². The number of aliphatic carboxylic acids is 1. The molecule has 1 aliphatic rings. The average Bonchev–Trinajstić information content (AvgIpc) is 3.37. The number of hydrogen-bond donors (Lipinski definition) is 2. The van der Waals surface area contributed by atoms with Crippen LogP contribution >= 0.6 is 11.3 Å². The molecule has 2 aromatic carbocycles. The van der Waals surface area contributed by atoms with Crippen molar-refractivity contribution in [2.45, 2.75) is 38.6 Å². The number of fused-ring (bicyclic) bond motifs is 1. The fourth-order valence-corrected chi connectivity index (χ4v) is 5.07. The van der Waals surface area contributed by atoms with Gasteiger partial charge in [0.15, 0.2) is 5.78 Å². The summed E-state index contributed by atoms with van der Waals surface area (Å²) in [5.41, 5.74) is 3.32. The molecule has 1 heterocycles. The Hall–Kier alpha value is -3.45. The number of nitrogens with one attached hydrogen (secondary N) is 1. The highest BCUT2D eigenvalue weighted by Crippen LogP contribution is 2.39. The zero-order chi connectivity index (χ0) is 24.0. The number of rotatable bonds is 8. The summed E-state index contributed by atoms with van der Waals surface area (Å²) in [4.78, 5) is 32.9. The van der Waals surface area contributed by atoms with Gasteiger partial charge in [-0.3, -0.25) is 4.79 Å². The minimum absolute atomic E-state index is 0.0947. The Balaban J connectivity index is 0.00000149. The quantitative estimate of drug-likeness (QED) is 0.467. The lowest BCUT2D eigenvalue weighted by Gasteiger charge is -2.25. The van der Waals surface area contributed by atoms with Crippen molar-refractivity contribution in [1.82, 2.24) is 0 Å². The number of carboxylic acids is 1. The molecule has 2 N–H and O–H groups in total. The van der Waals surface area contributed by atoms with Crippen LogP contribution < -0.4 is 10.1 Å². The van der Waals surface area contributed by atoms with Crippen molar-refractivity contribution < 1.29 is 24.2 Å². The lowest BCUT2D eigenvalue weighted by Crippen LogP contribution is -2.47. The molecule has 0 aliphatic heterocycles. The first-order chi connectivity index (χ1) is 15.9. The predicted molar refractivity (Wildman–Crippen MR) is 130 cm³/mol. The normalized spacial score (nSPS) is 13.4. The van der Waals surface area contributed by atoms with Gasteiger partial charge in [0.05, 0.1) is 11.6 Å². The molecule has 1 aromatic heterocycles. The number of ketones is 1. The molecule has 3 aromatic rings. The Bertz CT molecular complexity index is 1130. The van der Waals surface area contributed by atoms with E-state index < -0.39 is 11.5 Å². The van der Waals surface area contributed by atoms with E-state index in [-0.39, 0.29) is 5.78 Å². The summed E-state index contributed by atoms with van der Waals surface area (Å²) in [6.07, 6.45) is 1.52. The number of carbonyl (C=O) groups excluding carboxylic acids is 2. The molecule has 1 aliphatic carbocycles. The summed E-state index contributed by atoms with van der Waals surface area (Å²) >= 11 is 1.25. The van der Waals surface area contributed by atoms with Crippen LogP contribution in [0.25, 0.3) is 0 Å². The molecule has 0 saturated heterocycles. The van der Waals surface area contributed by atoms with E-state index in [4.69, 9.17) is 9.53 Å². The Morgan fingerprint density at radius 2 is 1.76 bits per heavy atom. The van der Waals surface area contributed by atoms with Gasteiger partial charge < -0.3 is 20.0 Å². The van der Waals surface area contributed by atoms with Crippen molar-refractivity contribution in [2.75, 3.05) is 11.9 Å². The Kier molecular flexibility index (Phi) is 7.66. The Morgan fingerprint density at radius 3 is 2.33 bits per heavy atom. The third-order valence-electron chi connectivity index (χ3n) is 5.62. The van der Waals surface area contributed by atoms with Crippen molar-refractivity contribution in [3.63, 3.8) is 0 Å². The zero-order valence-corrected chi connectivity index (χ0v) is 19.5. The molecule has 0 radical (unpaired) electrons. The second-order valence-electron chi connectivity index (χ2n) is 8.08. The number of hydrogen-bond acceptors (Lipinski definition) is 6. The second-order valence-corrected chi connectivity index (χ2v) is 9.13. The van der Waals surface area contributed by atoms with E-state index in [9.17, 15) is 14.7 Å². The maximum absolute atomic E-state index is 12.2. The van der Waals surface area contributed by atoms with Crippen LogP contribution in [0, 0.1) is 6.92 Å². The molecular weight excluding hydrogens is 438 g/mol. The smallest absolute Gasteiger partial charge is 0.330 e. The summed E-state index contributed by atoms with van der Waals surface area (Å²) in [7, 11) is 0. The Morgan fingerprint density at radius 1 is 1.09 bits per heavy atom. The zero-order valence-electron chi connectivity index (χ0n) is 18.7. The third kappa shape index (κ3) is 5.49. The minimum atomic E-state index is -1.12. The Labute approximate surface area is 197 Å². The number of aryl methyl sites for hydroxylation is 1. The van der Waals surface area contributed by atoms with Gasteiger partial charge in [0.1, 0.15) is 23.0 Å². The van der Waals surface area contributed by atoms with Gasteiger partial charge in [0, 0.05) is 32.3 Å². The lowest BCUT2D eigenvalue weighted by molar-refractivity contribution is -0.142. The van der Waals surface area contributed by atoms with Gasteiger partial charge in [-0.15, -0.1) is 11.3 Å². The molecule has 4 rings (SSSR count). The summed E-state index contributed by atoms with van der Waals surface area (Å²) < 4.78 is 5.94. The van der Waals surface area contributed by atoms with Crippen LogP contribution in [0.1, 0.15) is 38.8 Å². The molecule has 0 unspecified atom stereocenters. The molecule has 0 saturated carbocycles. The molecule has 6 nitrogen and oxygen atoms in total. The largest absolute Gasteiger partial charge is 0.492 e. The average molecular weight is 466 g/mol. The van der Waals surface area contributed by atoms with E-state index in [2.05, 4.69) is 30.4 Å². The standard InChI is InChI=1S/C25H25NO4S.CH2O/c1-16-6-5-7-18(12-16)10-11-30-21-13-22(31-23(21)17(2)27)26-25(24(28)29)14-19-8-3-4-9-20(19)15-25;1-2/h3-9,12-13,26H,10-11,14-15H2,1-2H3,(H,28,29);1H2. The van der Waals surface area contributed by atoms with Crippen molar-refractivity contribution in [2.24, 2.45) is 0 Å². The maximum Gasteiger partial charge on any atom is 0.330 e. The van der Waals surface area contributed by atoms with Gasteiger partial charge in [-0.05, 0) is 23.6 Å². The van der Waals surface area contributed by atoms with Gasteiger partial charge in [0.25, 0.3) is 0 Å². The van der Waals surface area contributed by atoms with Crippen LogP contribution in [-0.2, 0) is 28.9 Å². The molecule has 0 fully saturated rings. The molecule has 7 heteroatoms. The number of Topliss-reactive ketones (excluding diaryl/α,β-unsaturated/α-hetero) is 1. The number of benzene rings is 2. The molecule has 33 heavy (non-hydrogen) atoms. The van der Waals surface area contributed by atoms with Crippen molar-refractivity contribution in [3.05, 3.63) is 81.7 Å². The highest BCUT2D eigenvalue weighted by molar-refractivity contribution is 7.18. The van der Waals surface area contributed by atoms with Crippen LogP contribution in [-0.4, -0.2) is 35.8 Å². The van der Waals surface area contributed by atoms with Crippen molar-refractivity contribution in [3.8, 4) is 5.75 Å². The molecule has 0 amide bonds. The van der Waals surface area contributed by atoms with Gasteiger partial charge in [-0.1, -0.05) is 54.1 Å². The number of carbonyl (C=O) groups is 3. The SMILES string of the molecule is C=O.CC(=O)c1sc(NC2(C(=O)O)Cc3ccccc3C2)cc1OCCc1cccc(C)c1. The van der Waals surface area contributed by atoms with E-state index in [0.717, 1.165) is 17.5 Å². The summed E-state index contributed by atoms with van der Waals surface area (Å²) in [6, 6.07) is 17.8. The molecule has 0 bridgehead atoms. The summed E-state index contributed by atoms with van der Waals surface area (Å²) in [5, 5.41) is 13.9. The molecule has 0 spiro atoms.